The fraction of sp³-hybridized carbons (Fsp3) is 0. The van der Waals surface area contributed by atoms with Gasteiger partial charge in [0.1, 0.15) is 10.6 Å². The summed E-state index contributed by atoms with van der Waals surface area (Å²) in [5, 5.41) is 20.1. The number of carbonyl (C=O) groups is 1. The molecule has 1 heterocycles. The van der Waals surface area contributed by atoms with Crippen LogP contribution >= 0.6 is 23.4 Å². The maximum absolute atomic E-state index is 11.0. The second-order valence-corrected chi connectivity index (χ2v) is 5.12. The maximum Gasteiger partial charge on any atom is 0.354 e. The molecule has 0 saturated heterocycles. The Morgan fingerprint density at radius 2 is 2.15 bits per heavy atom. The summed E-state index contributed by atoms with van der Waals surface area (Å²) >= 11 is 6.99. The number of carboxylic acids is 1. The smallest absolute Gasteiger partial charge is 0.354 e. The molecule has 1 N–H and O–H groups in total. The molecule has 102 valence electrons. The van der Waals surface area contributed by atoms with Gasteiger partial charge in [-0.1, -0.05) is 29.4 Å². The lowest BCUT2D eigenvalue weighted by molar-refractivity contribution is -0.387. The molecule has 0 atom stereocenters. The van der Waals surface area contributed by atoms with Gasteiger partial charge >= 0.3 is 5.97 Å². The van der Waals surface area contributed by atoms with Crippen molar-refractivity contribution in [2.75, 3.05) is 0 Å². The lowest BCUT2D eigenvalue weighted by atomic mass is 10.3. The molecule has 0 radical (unpaired) electrons. The molecule has 0 aliphatic rings. The van der Waals surface area contributed by atoms with Crippen LogP contribution in [0.4, 0.5) is 5.69 Å². The molecule has 0 unspecified atom stereocenters. The summed E-state index contributed by atoms with van der Waals surface area (Å²) in [6, 6.07) is 7.26. The number of halogens is 1. The van der Waals surface area contributed by atoms with Gasteiger partial charge in [-0.15, -0.1) is 0 Å². The predicted octanol–water partition coefficient (Wildman–Crippen LogP) is 3.49. The van der Waals surface area contributed by atoms with Crippen molar-refractivity contribution in [1.29, 1.82) is 0 Å². The highest BCUT2D eigenvalue weighted by atomic mass is 35.5. The molecule has 0 aliphatic heterocycles. The number of benzene rings is 1. The van der Waals surface area contributed by atoms with Gasteiger partial charge in [0.05, 0.1) is 9.95 Å². The van der Waals surface area contributed by atoms with Crippen molar-refractivity contribution >= 4 is 35.0 Å². The van der Waals surface area contributed by atoms with Gasteiger partial charge in [-0.3, -0.25) is 10.1 Å². The SMILES string of the molecule is O=C(O)c1cc(Sc2c(Cl)cccc2[N+](=O)[O-])ccn1. The molecule has 0 bridgehead atoms. The van der Waals surface area contributed by atoms with E-state index in [4.69, 9.17) is 16.7 Å². The minimum Gasteiger partial charge on any atom is -0.477 e. The number of nitro benzene ring substituents is 1. The minimum absolute atomic E-state index is 0.129. The Kier molecular flexibility index (Phi) is 4.21. The topological polar surface area (TPSA) is 93.3 Å². The number of aromatic carboxylic acids is 1. The molecule has 0 spiro atoms. The van der Waals surface area contributed by atoms with Gasteiger partial charge in [0.15, 0.2) is 0 Å². The van der Waals surface area contributed by atoms with Crippen molar-refractivity contribution in [3.05, 3.63) is 57.4 Å². The monoisotopic (exact) mass is 310 g/mol. The number of carboxylic acid groups (broad SMARTS) is 1. The standard InChI is InChI=1S/C12H7ClN2O4S/c13-8-2-1-3-10(15(18)19)11(8)20-7-4-5-14-9(6-7)12(16)17/h1-6H,(H,16,17). The van der Waals surface area contributed by atoms with E-state index in [0.717, 1.165) is 11.8 Å². The van der Waals surface area contributed by atoms with Gasteiger partial charge < -0.3 is 5.11 Å². The van der Waals surface area contributed by atoms with Gasteiger partial charge in [0, 0.05) is 17.2 Å². The van der Waals surface area contributed by atoms with Crippen LogP contribution in [-0.2, 0) is 0 Å². The molecule has 1 aromatic carbocycles. The van der Waals surface area contributed by atoms with Crippen LogP contribution in [0.1, 0.15) is 10.5 Å². The van der Waals surface area contributed by atoms with E-state index in [0.29, 0.717) is 4.90 Å². The molecule has 8 heteroatoms. The summed E-state index contributed by atoms with van der Waals surface area (Å²) in [7, 11) is 0. The van der Waals surface area contributed by atoms with Gasteiger partial charge in [0.25, 0.3) is 5.69 Å². The van der Waals surface area contributed by atoms with Crippen molar-refractivity contribution < 1.29 is 14.8 Å². The fourth-order valence-corrected chi connectivity index (χ4v) is 2.68. The summed E-state index contributed by atoms with van der Waals surface area (Å²) in [5.74, 6) is -1.17. The third kappa shape index (κ3) is 3.06. The van der Waals surface area contributed by atoms with Crippen LogP contribution < -0.4 is 0 Å². The van der Waals surface area contributed by atoms with Gasteiger partial charge in [-0.05, 0) is 18.2 Å². The molecule has 20 heavy (non-hydrogen) atoms. The van der Waals surface area contributed by atoms with Crippen LogP contribution in [0, 0.1) is 10.1 Å². The summed E-state index contributed by atoms with van der Waals surface area (Å²) in [4.78, 5) is 25.7. The average Bonchev–Trinajstić information content (AvgIpc) is 2.41. The first-order chi connectivity index (χ1) is 9.49. The van der Waals surface area contributed by atoms with Crippen LogP contribution in [0.15, 0.2) is 46.3 Å². The predicted molar refractivity (Wildman–Crippen MR) is 73.4 cm³/mol. The van der Waals surface area contributed by atoms with E-state index in [1.165, 1.54) is 30.5 Å². The summed E-state index contributed by atoms with van der Waals surface area (Å²) in [6.45, 7) is 0. The van der Waals surface area contributed by atoms with Crippen LogP contribution in [0.25, 0.3) is 0 Å². The molecule has 0 amide bonds. The van der Waals surface area contributed by atoms with E-state index >= 15 is 0 Å². The summed E-state index contributed by atoms with van der Waals surface area (Å²) in [5.41, 5.74) is -0.263. The zero-order chi connectivity index (χ0) is 14.7. The molecule has 0 saturated carbocycles. The van der Waals surface area contributed by atoms with Crippen molar-refractivity contribution in [3.8, 4) is 0 Å². The van der Waals surface area contributed by atoms with Gasteiger partial charge in [-0.25, -0.2) is 9.78 Å². The molecule has 2 aromatic rings. The van der Waals surface area contributed by atoms with Crippen molar-refractivity contribution in [2.45, 2.75) is 9.79 Å². The van der Waals surface area contributed by atoms with E-state index < -0.39 is 10.9 Å². The van der Waals surface area contributed by atoms with Crippen molar-refractivity contribution in [1.82, 2.24) is 4.98 Å². The number of hydrogen-bond acceptors (Lipinski definition) is 5. The Hall–Kier alpha value is -2.12. The number of nitrogens with zero attached hydrogens (tertiary/aromatic N) is 2. The highest BCUT2D eigenvalue weighted by molar-refractivity contribution is 7.99. The first-order valence-electron chi connectivity index (χ1n) is 5.29. The van der Waals surface area contributed by atoms with E-state index in [9.17, 15) is 14.9 Å². The van der Waals surface area contributed by atoms with E-state index in [1.54, 1.807) is 6.07 Å². The molecule has 0 fully saturated rings. The lowest BCUT2D eigenvalue weighted by Crippen LogP contribution is -1.99. The molecule has 0 aliphatic carbocycles. The maximum atomic E-state index is 11.0. The second kappa shape index (κ2) is 5.89. The third-order valence-corrected chi connectivity index (χ3v) is 3.86. The molecular formula is C12H7ClN2O4S. The molecule has 1 aromatic heterocycles. The molecule has 2 rings (SSSR count). The summed E-state index contributed by atoms with van der Waals surface area (Å²) < 4.78 is 0. The first-order valence-corrected chi connectivity index (χ1v) is 6.48. The highest BCUT2D eigenvalue weighted by Crippen LogP contribution is 2.39. The van der Waals surface area contributed by atoms with Crippen molar-refractivity contribution in [2.24, 2.45) is 0 Å². The zero-order valence-electron chi connectivity index (χ0n) is 9.82. The third-order valence-electron chi connectivity index (χ3n) is 2.31. The minimum atomic E-state index is -1.17. The Morgan fingerprint density at radius 1 is 1.40 bits per heavy atom. The number of rotatable bonds is 4. The fourth-order valence-electron chi connectivity index (χ4n) is 1.45. The number of pyridine rings is 1. The Labute approximate surface area is 122 Å². The molecule has 6 nitrogen and oxygen atoms in total. The lowest BCUT2D eigenvalue weighted by Gasteiger charge is -2.05. The van der Waals surface area contributed by atoms with Crippen molar-refractivity contribution in [3.63, 3.8) is 0 Å². The number of aromatic nitrogens is 1. The zero-order valence-corrected chi connectivity index (χ0v) is 11.4. The van der Waals surface area contributed by atoms with Crippen LogP contribution in [-0.4, -0.2) is 21.0 Å². The average molecular weight is 311 g/mol. The first kappa shape index (κ1) is 14.3. The summed E-state index contributed by atoms with van der Waals surface area (Å²) in [6.07, 6.45) is 1.33. The normalized spacial score (nSPS) is 10.2. The van der Waals surface area contributed by atoms with E-state index in [2.05, 4.69) is 4.98 Å². The Morgan fingerprint density at radius 3 is 2.80 bits per heavy atom. The Balaban J connectivity index is 2.42. The Bertz CT molecular complexity index is 693. The molecular weight excluding hydrogens is 304 g/mol. The van der Waals surface area contributed by atoms with Crippen LogP contribution in [0.5, 0.6) is 0 Å². The van der Waals surface area contributed by atoms with Gasteiger partial charge in [0.2, 0.25) is 0 Å². The van der Waals surface area contributed by atoms with Crippen LogP contribution in [0.3, 0.4) is 0 Å². The largest absolute Gasteiger partial charge is 0.477 e. The highest BCUT2D eigenvalue weighted by Gasteiger charge is 2.18. The van der Waals surface area contributed by atoms with E-state index in [-0.39, 0.29) is 21.3 Å². The number of hydrogen-bond donors (Lipinski definition) is 1. The van der Waals surface area contributed by atoms with Crippen LogP contribution in [0.2, 0.25) is 5.02 Å². The second-order valence-electron chi connectivity index (χ2n) is 3.63. The van der Waals surface area contributed by atoms with E-state index in [1.807, 2.05) is 0 Å². The number of nitro groups is 1. The quantitative estimate of drug-likeness (QED) is 0.686. The van der Waals surface area contributed by atoms with Gasteiger partial charge in [-0.2, -0.15) is 0 Å².